The average molecular weight is 198 g/mol. The molecule has 1 aliphatic rings. The molecule has 0 amide bonds. The lowest BCUT2D eigenvalue weighted by atomic mass is 9.92. The van der Waals surface area contributed by atoms with Crippen LogP contribution in [-0.4, -0.2) is 25.7 Å². The molecule has 0 N–H and O–H groups in total. The highest BCUT2D eigenvalue weighted by atomic mass is 16.5. The Balaban J connectivity index is 1.99. The van der Waals surface area contributed by atoms with E-state index in [2.05, 4.69) is 5.32 Å². The van der Waals surface area contributed by atoms with Gasteiger partial charge in [-0.05, 0) is 38.5 Å². The van der Waals surface area contributed by atoms with E-state index in [1.165, 1.54) is 12.8 Å². The first-order chi connectivity index (χ1) is 6.83. The van der Waals surface area contributed by atoms with Gasteiger partial charge in [-0.1, -0.05) is 0 Å². The molecule has 81 valence electrons. The lowest BCUT2D eigenvalue weighted by molar-refractivity contribution is -0.143. The number of ether oxygens (including phenoxy) is 1. The van der Waals surface area contributed by atoms with Gasteiger partial charge in [-0.2, -0.15) is 0 Å². The number of nitrogens with zero attached hydrogens (tertiary/aromatic N) is 1. The molecule has 1 fully saturated rings. The molecule has 14 heavy (non-hydrogen) atoms. The molecular weight excluding hydrogens is 178 g/mol. The summed E-state index contributed by atoms with van der Waals surface area (Å²) in [6, 6.07) is 0. The lowest BCUT2D eigenvalue weighted by Gasteiger charge is -2.20. The first-order valence-electron chi connectivity index (χ1n) is 5.61. The van der Waals surface area contributed by atoms with Gasteiger partial charge in [0, 0.05) is 19.5 Å². The largest absolute Gasteiger partial charge is 0.466 e. The van der Waals surface area contributed by atoms with Crippen LogP contribution < -0.4 is 5.32 Å². The summed E-state index contributed by atoms with van der Waals surface area (Å²) in [6.45, 7) is 4.38. The Bertz CT molecular complexity index is 165. The number of hydrogen-bond acceptors (Lipinski definition) is 2. The van der Waals surface area contributed by atoms with Crippen LogP contribution >= 0.6 is 0 Å². The Morgan fingerprint density at radius 1 is 1.43 bits per heavy atom. The molecule has 0 aromatic rings. The number of hydrogen-bond donors (Lipinski definition) is 0. The van der Waals surface area contributed by atoms with Crippen molar-refractivity contribution in [3.8, 4) is 0 Å². The van der Waals surface area contributed by atoms with E-state index in [4.69, 9.17) is 4.74 Å². The van der Waals surface area contributed by atoms with Crippen LogP contribution in [-0.2, 0) is 9.53 Å². The number of carbonyl (C=O) groups is 1. The molecule has 0 spiro atoms. The van der Waals surface area contributed by atoms with Crippen molar-refractivity contribution >= 4 is 5.97 Å². The molecule has 0 saturated carbocycles. The van der Waals surface area contributed by atoms with E-state index in [0.29, 0.717) is 13.0 Å². The van der Waals surface area contributed by atoms with Gasteiger partial charge >= 0.3 is 5.97 Å². The molecule has 0 aromatic carbocycles. The van der Waals surface area contributed by atoms with Crippen LogP contribution in [0.1, 0.15) is 39.0 Å². The van der Waals surface area contributed by atoms with Crippen LogP contribution in [0.5, 0.6) is 0 Å². The fourth-order valence-corrected chi connectivity index (χ4v) is 1.86. The number of carbonyl (C=O) groups excluding carboxylic acids is 1. The van der Waals surface area contributed by atoms with Crippen LogP contribution in [0.15, 0.2) is 0 Å². The molecule has 3 nitrogen and oxygen atoms in total. The topological polar surface area (TPSA) is 40.4 Å². The van der Waals surface area contributed by atoms with E-state index < -0.39 is 0 Å². The molecule has 0 aromatic heterocycles. The van der Waals surface area contributed by atoms with Gasteiger partial charge in [-0.25, -0.2) is 5.32 Å². The van der Waals surface area contributed by atoms with Crippen LogP contribution in [0.3, 0.4) is 0 Å². The Morgan fingerprint density at radius 2 is 2.14 bits per heavy atom. The lowest BCUT2D eigenvalue weighted by Crippen LogP contribution is -2.22. The monoisotopic (exact) mass is 198 g/mol. The average Bonchev–Trinajstić information content (AvgIpc) is 2.20. The summed E-state index contributed by atoms with van der Waals surface area (Å²) in [5.41, 5.74) is 0. The van der Waals surface area contributed by atoms with Gasteiger partial charge in [-0.3, -0.25) is 4.79 Å². The second-order valence-electron chi connectivity index (χ2n) is 3.81. The van der Waals surface area contributed by atoms with Gasteiger partial charge in [0.15, 0.2) is 0 Å². The van der Waals surface area contributed by atoms with Crippen molar-refractivity contribution in [1.82, 2.24) is 5.32 Å². The Kier molecular flexibility index (Phi) is 5.60. The molecule has 0 bridgehead atoms. The van der Waals surface area contributed by atoms with Crippen molar-refractivity contribution in [2.75, 3.05) is 19.7 Å². The minimum atomic E-state index is -0.0482. The molecular formula is C11H20NO2. The Labute approximate surface area is 86.2 Å². The molecule has 1 saturated heterocycles. The van der Waals surface area contributed by atoms with Crippen molar-refractivity contribution < 1.29 is 9.53 Å². The molecule has 1 aliphatic heterocycles. The van der Waals surface area contributed by atoms with Crippen LogP contribution in [0.25, 0.3) is 0 Å². The SMILES string of the molecule is CCOC(=O)CCCC1CC[N]CC1. The zero-order valence-corrected chi connectivity index (χ0v) is 9.00. The Hall–Kier alpha value is -0.570. The summed E-state index contributed by atoms with van der Waals surface area (Å²) >= 11 is 0. The standard InChI is InChI=1S/C11H20NO2/c1-2-14-11(13)5-3-4-10-6-8-12-9-7-10/h10H,2-9H2,1H3. The third-order valence-corrected chi connectivity index (χ3v) is 2.69. The zero-order valence-electron chi connectivity index (χ0n) is 9.00. The van der Waals surface area contributed by atoms with Crippen LogP contribution in [0.2, 0.25) is 0 Å². The molecule has 0 atom stereocenters. The minimum Gasteiger partial charge on any atom is -0.466 e. The maximum absolute atomic E-state index is 11.0. The molecule has 1 heterocycles. The predicted molar refractivity (Wildman–Crippen MR) is 55.1 cm³/mol. The summed E-state index contributed by atoms with van der Waals surface area (Å²) in [7, 11) is 0. The highest BCUT2D eigenvalue weighted by Gasteiger charge is 2.13. The van der Waals surface area contributed by atoms with E-state index >= 15 is 0 Å². The van der Waals surface area contributed by atoms with E-state index in [0.717, 1.165) is 31.8 Å². The van der Waals surface area contributed by atoms with Gasteiger partial charge < -0.3 is 4.74 Å². The first-order valence-corrected chi connectivity index (χ1v) is 5.61. The molecule has 1 radical (unpaired) electrons. The molecule has 0 aliphatic carbocycles. The fraction of sp³-hybridized carbons (Fsp3) is 0.909. The summed E-state index contributed by atoms with van der Waals surface area (Å²) in [4.78, 5) is 11.0. The fourth-order valence-electron chi connectivity index (χ4n) is 1.86. The highest BCUT2D eigenvalue weighted by molar-refractivity contribution is 5.69. The number of esters is 1. The number of piperidine rings is 1. The smallest absolute Gasteiger partial charge is 0.305 e. The van der Waals surface area contributed by atoms with E-state index in [-0.39, 0.29) is 5.97 Å². The molecule has 1 rings (SSSR count). The van der Waals surface area contributed by atoms with Gasteiger partial charge in [0.05, 0.1) is 6.61 Å². The molecule has 3 heteroatoms. The van der Waals surface area contributed by atoms with E-state index in [9.17, 15) is 4.79 Å². The van der Waals surface area contributed by atoms with Crippen molar-refractivity contribution in [2.24, 2.45) is 5.92 Å². The summed E-state index contributed by atoms with van der Waals surface area (Å²) in [5.74, 6) is 0.745. The van der Waals surface area contributed by atoms with Crippen LogP contribution in [0, 0.1) is 5.92 Å². The van der Waals surface area contributed by atoms with Crippen molar-refractivity contribution in [3.63, 3.8) is 0 Å². The van der Waals surface area contributed by atoms with E-state index in [1.807, 2.05) is 6.92 Å². The minimum absolute atomic E-state index is 0.0482. The predicted octanol–water partition coefficient (Wildman–Crippen LogP) is 1.73. The molecule has 0 unspecified atom stereocenters. The Morgan fingerprint density at radius 3 is 2.79 bits per heavy atom. The third-order valence-electron chi connectivity index (χ3n) is 2.69. The second-order valence-corrected chi connectivity index (χ2v) is 3.81. The summed E-state index contributed by atoms with van der Waals surface area (Å²) < 4.78 is 4.87. The third kappa shape index (κ3) is 4.61. The summed E-state index contributed by atoms with van der Waals surface area (Å²) in [5, 5.41) is 4.31. The second kappa shape index (κ2) is 6.82. The van der Waals surface area contributed by atoms with Gasteiger partial charge in [0.1, 0.15) is 0 Å². The maximum Gasteiger partial charge on any atom is 0.305 e. The van der Waals surface area contributed by atoms with E-state index in [1.54, 1.807) is 0 Å². The highest BCUT2D eigenvalue weighted by Crippen LogP contribution is 2.19. The first kappa shape index (κ1) is 11.5. The van der Waals surface area contributed by atoms with Crippen molar-refractivity contribution in [1.29, 1.82) is 0 Å². The van der Waals surface area contributed by atoms with Crippen molar-refractivity contribution in [2.45, 2.75) is 39.0 Å². The summed E-state index contributed by atoms with van der Waals surface area (Å²) in [6.07, 6.45) is 5.14. The van der Waals surface area contributed by atoms with Crippen LogP contribution in [0.4, 0.5) is 0 Å². The van der Waals surface area contributed by atoms with Gasteiger partial charge in [0.2, 0.25) is 0 Å². The van der Waals surface area contributed by atoms with Gasteiger partial charge in [-0.15, -0.1) is 0 Å². The van der Waals surface area contributed by atoms with Crippen molar-refractivity contribution in [3.05, 3.63) is 0 Å². The number of rotatable bonds is 5. The zero-order chi connectivity index (χ0) is 10.2. The maximum atomic E-state index is 11.0. The quantitative estimate of drug-likeness (QED) is 0.631. The van der Waals surface area contributed by atoms with Gasteiger partial charge in [0.25, 0.3) is 0 Å². The normalized spacial score (nSPS) is 18.1.